The molecule has 1 aliphatic carbocycles. The molecule has 0 saturated heterocycles. The molecule has 0 radical (unpaired) electrons. The predicted molar refractivity (Wildman–Crippen MR) is 62.3 cm³/mol. The molecule has 3 N–H and O–H groups in total. The standard InChI is InChI=1S/C11H13BrFNO2/c1-16-7-4-6(12)9(13)8(10(7)15)11(5-14)2-3-11/h4,15H,2-3,5,14H2,1H3. The molecule has 88 valence electrons. The Morgan fingerprint density at radius 3 is 2.69 bits per heavy atom. The summed E-state index contributed by atoms with van der Waals surface area (Å²) < 4.78 is 19.3. The van der Waals surface area contributed by atoms with Crippen LogP contribution in [0.5, 0.6) is 11.5 Å². The molecule has 3 nitrogen and oxygen atoms in total. The van der Waals surface area contributed by atoms with Gasteiger partial charge in [0.05, 0.1) is 11.6 Å². The van der Waals surface area contributed by atoms with Gasteiger partial charge in [-0.25, -0.2) is 4.39 Å². The van der Waals surface area contributed by atoms with E-state index in [1.807, 2.05) is 0 Å². The number of phenols is 1. The van der Waals surface area contributed by atoms with E-state index in [2.05, 4.69) is 15.9 Å². The lowest BCUT2D eigenvalue weighted by molar-refractivity contribution is 0.362. The quantitative estimate of drug-likeness (QED) is 0.898. The van der Waals surface area contributed by atoms with Crippen LogP contribution in [0, 0.1) is 5.82 Å². The molecule has 0 aliphatic heterocycles. The minimum atomic E-state index is -0.443. The van der Waals surface area contributed by atoms with Gasteiger partial charge in [-0.2, -0.15) is 0 Å². The maximum Gasteiger partial charge on any atom is 0.164 e. The first-order valence-corrected chi connectivity index (χ1v) is 5.80. The molecule has 1 aromatic rings. The van der Waals surface area contributed by atoms with E-state index >= 15 is 0 Å². The second kappa shape index (κ2) is 3.89. The van der Waals surface area contributed by atoms with Crippen LogP contribution < -0.4 is 10.5 Å². The fourth-order valence-electron chi connectivity index (χ4n) is 1.94. The number of hydrogen-bond acceptors (Lipinski definition) is 3. The molecule has 1 fully saturated rings. The molecule has 0 atom stereocenters. The number of hydrogen-bond donors (Lipinski definition) is 2. The van der Waals surface area contributed by atoms with Crippen LogP contribution in [0.4, 0.5) is 4.39 Å². The van der Waals surface area contributed by atoms with Gasteiger partial charge in [-0.1, -0.05) is 0 Å². The predicted octanol–water partition coefficient (Wildman–Crippen LogP) is 2.29. The summed E-state index contributed by atoms with van der Waals surface area (Å²) in [5.74, 6) is -0.310. The van der Waals surface area contributed by atoms with E-state index in [4.69, 9.17) is 10.5 Å². The molecular weight excluding hydrogens is 277 g/mol. The SMILES string of the molecule is COc1cc(Br)c(F)c(C2(CN)CC2)c1O. The highest BCUT2D eigenvalue weighted by atomic mass is 79.9. The van der Waals surface area contributed by atoms with E-state index < -0.39 is 11.2 Å². The maximum absolute atomic E-state index is 14.0. The van der Waals surface area contributed by atoms with Crippen molar-refractivity contribution in [3.05, 3.63) is 21.9 Å². The summed E-state index contributed by atoms with van der Waals surface area (Å²) in [5, 5.41) is 9.96. The van der Waals surface area contributed by atoms with Gasteiger partial charge in [0.25, 0.3) is 0 Å². The Kier molecular flexibility index (Phi) is 2.84. The van der Waals surface area contributed by atoms with Crippen molar-refractivity contribution in [3.8, 4) is 11.5 Å². The number of aromatic hydroxyl groups is 1. The number of benzene rings is 1. The molecule has 0 heterocycles. The van der Waals surface area contributed by atoms with E-state index in [9.17, 15) is 9.50 Å². The molecule has 5 heteroatoms. The minimum absolute atomic E-state index is 0.133. The Balaban J connectivity index is 2.63. The van der Waals surface area contributed by atoms with Gasteiger partial charge in [-0.3, -0.25) is 0 Å². The number of rotatable bonds is 3. The molecule has 0 spiro atoms. The lowest BCUT2D eigenvalue weighted by atomic mass is 9.94. The first-order valence-electron chi connectivity index (χ1n) is 5.01. The van der Waals surface area contributed by atoms with Gasteiger partial charge in [0.2, 0.25) is 0 Å². The van der Waals surface area contributed by atoms with Crippen LogP contribution in [0.15, 0.2) is 10.5 Å². The van der Waals surface area contributed by atoms with Gasteiger partial charge in [-0.05, 0) is 28.8 Å². The zero-order valence-corrected chi connectivity index (χ0v) is 10.5. The van der Waals surface area contributed by atoms with E-state index in [0.717, 1.165) is 12.8 Å². The van der Waals surface area contributed by atoms with Gasteiger partial charge in [0, 0.05) is 23.6 Å². The monoisotopic (exact) mass is 289 g/mol. The Bertz CT molecular complexity index is 432. The molecular formula is C11H13BrFNO2. The van der Waals surface area contributed by atoms with Crippen LogP contribution in [0.3, 0.4) is 0 Å². The highest BCUT2D eigenvalue weighted by molar-refractivity contribution is 9.10. The van der Waals surface area contributed by atoms with Gasteiger partial charge in [0.15, 0.2) is 11.5 Å². The molecule has 0 bridgehead atoms. The molecule has 1 aromatic carbocycles. The van der Waals surface area contributed by atoms with Crippen molar-refractivity contribution in [2.45, 2.75) is 18.3 Å². The van der Waals surface area contributed by atoms with Gasteiger partial charge < -0.3 is 15.6 Å². The molecule has 1 aliphatic rings. The van der Waals surface area contributed by atoms with E-state index in [1.165, 1.54) is 13.2 Å². The first kappa shape index (κ1) is 11.7. The third-order valence-electron chi connectivity index (χ3n) is 3.15. The van der Waals surface area contributed by atoms with E-state index in [0.29, 0.717) is 6.54 Å². The Morgan fingerprint density at radius 2 is 2.25 bits per heavy atom. The number of phenolic OH excluding ortho intramolecular Hbond substituents is 1. The van der Waals surface area contributed by atoms with Crippen molar-refractivity contribution in [3.63, 3.8) is 0 Å². The fourth-order valence-corrected chi connectivity index (χ4v) is 2.35. The topological polar surface area (TPSA) is 55.5 Å². The zero-order valence-electron chi connectivity index (χ0n) is 8.89. The summed E-state index contributed by atoms with van der Waals surface area (Å²) in [6, 6.07) is 1.42. The minimum Gasteiger partial charge on any atom is -0.504 e. The summed E-state index contributed by atoms with van der Waals surface area (Å²) in [6.07, 6.45) is 1.60. The molecule has 16 heavy (non-hydrogen) atoms. The third kappa shape index (κ3) is 1.58. The lowest BCUT2D eigenvalue weighted by Gasteiger charge is -2.18. The van der Waals surface area contributed by atoms with Gasteiger partial charge in [0.1, 0.15) is 5.82 Å². The van der Waals surface area contributed by atoms with Crippen molar-refractivity contribution >= 4 is 15.9 Å². The highest BCUT2D eigenvalue weighted by Crippen LogP contribution is 2.54. The molecule has 1 saturated carbocycles. The molecule has 0 unspecified atom stereocenters. The lowest BCUT2D eigenvalue weighted by Crippen LogP contribution is -2.21. The number of ether oxygens (including phenoxy) is 1. The number of halogens is 2. The van der Waals surface area contributed by atoms with Crippen molar-refractivity contribution in [1.29, 1.82) is 0 Å². The van der Waals surface area contributed by atoms with E-state index in [-0.39, 0.29) is 21.5 Å². The van der Waals surface area contributed by atoms with Gasteiger partial charge >= 0.3 is 0 Å². The normalized spacial score (nSPS) is 17.2. The zero-order chi connectivity index (χ0) is 11.9. The summed E-state index contributed by atoms with van der Waals surface area (Å²) in [5.41, 5.74) is 5.51. The first-order chi connectivity index (χ1) is 7.55. The Hall–Kier alpha value is -0.810. The average Bonchev–Trinajstić information content (AvgIpc) is 3.05. The van der Waals surface area contributed by atoms with E-state index in [1.54, 1.807) is 0 Å². The maximum atomic E-state index is 14.0. The third-order valence-corrected chi connectivity index (χ3v) is 3.73. The molecule has 0 amide bonds. The number of nitrogens with two attached hydrogens (primary N) is 1. The fraction of sp³-hybridized carbons (Fsp3) is 0.455. The smallest absolute Gasteiger partial charge is 0.164 e. The van der Waals surface area contributed by atoms with Crippen LogP contribution in [0.1, 0.15) is 18.4 Å². The largest absolute Gasteiger partial charge is 0.504 e. The van der Waals surface area contributed by atoms with Crippen LogP contribution in [-0.4, -0.2) is 18.8 Å². The van der Waals surface area contributed by atoms with Crippen LogP contribution >= 0.6 is 15.9 Å². The molecule has 0 aromatic heterocycles. The van der Waals surface area contributed by atoms with Crippen LogP contribution in [0.2, 0.25) is 0 Å². The Morgan fingerprint density at radius 1 is 1.62 bits per heavy atom. The summed E-state index contributed by atoms with van der Waals surface area (Å²) in [6.45, 7) is 0.330. The van der Waals surface area contributed by atoms with Crippen molar-refractivity contribution in [2.24, 2.45) is 5.73 Å². The van der Waals surface area contributed by atoms with Crippen LogP contribution in [0.25, 0.3) is 0 Å². The summed E-state index contributed by atoms with van der Waals surface area (Å²) >= 11 is 3.11. The second-order valence-electron chi connectivity index (χ2n) is 4.08. The Labute approximate surface area is 102 Å². The van der Waals surface area contributed by atoms with Gasteiger partial charge in [-0.15, -0.1) is 0 Å². The average molecular weight is 290 g/mol. The van der Waals surface area contributed by atoms with Crippen LogP contribution in [-0.2, 0) is 5.41 Å². The summed E-state index contributed by atoms with van der Waals surface area (Å²) in [7, 11) is 1.44. The second-order valence-corrected chi connectivity index (χ2v) is 4.94. The molecule has 2 rings (SSSR count). The summed E-state index contributed by atoms with van der Waals surface area (Å²) in [4.78, 5) is 0. The highest BCUT2D eigenvalue weighted by Gasteiger charge is 2.47. The van der Waals surface area contributed by atoms with Crippen molar-refractivity contribution < 1.29 is 14.2 Å². The number of methoxy groups -OCH3 is 1. The van der Waals surface area contributed by atoms with Crippen molar-refractivity contribution in [1.82, 2.24) is 0 Å². The van der Waals surface area contributed by atoms with Crippen molar-refractivity contribution in [2.75, 3.05) is 13.7 Å².